The monoisotopic (exact) mass is 336 g/mol. The quantitative estimate of drug-likeness (QED) is 0.914. The summed E-state index contributed by atoms with van der Waals surface area (Å²) in [6, 6.07) is -0.112. The highest BCUT2D eigenvalue weighted by atomic mass is 32.1. The molecule has 5 nitrogen and oxygen atoms in total. The van der Waals surface area contributed by atoms with Crippen LogP contribution in [-0.2, 0) is 4.79 Å². The van der Waals surface area contributed by atoms with Crippen LogP contribution in [0.4, 0.5) is 0 Å². The van der Waals surface area contributed by atoms with Crippen LogP contribution in [0, 0.1) is 12.3 Å². The van der Waals surface area contributed by atoms with Crippen LogP contribution >= 0.6 is 11.3 Å². The minimum Gasteiger partial charge on any atom is -0.481 e. The van der Waals surface area contributed by atoms with Crippen molar-refractivity contribution in [2.24, 2.45) is 5.41 Å². The van der Waals surface area contributed by atoms with E-state index in [1.807, 2.05) is 18.7 Å². The van der Waals surface area contributed by atoms with Crippen molar-refractivity contribution in [2.75, 3.05) is 0 Å². The second-order valence-electron chi connectivity index (χ2n) is 7.10. The normalized spacial score (nSPS) is 29.5. The molecule has 23 heavy (non-hydrogen) atoms. The molecule has 3 atom stereocenters. The zero-order valence-corrected chi connectivity index (χ0v) is 14.9. The molecule has 6 heteroatoms. The first-order valence-electron chi connectivity index (χ1n) is 8.35. The molecule has 0 spiro atoms. The molecule has 1 aromatic rings. The van der Waals surface area contributed by atoms with E-state index in [2.05, 4.69) is 18.8 Å². The fourth-order valence-corrected chi connectivity index (χ4v) is 5.24. The second-order valence-corrected chi connectivity index (χ2v) is 8.13. The molecule has 0 aliphatic carbocycles. The maximum atomic E-state index is 13.1. The van der Waals surface area contributed by atoms with Gasteiger partial charge in [-0.1, -0.05) is 20.8 Å². The fraction of sp³-hybridized carbons (Fsp3) is 0.706. The Hall–Kier alpha value is -1.43. The van der Waals surface area contributed by atoms with Gasteiger partial charge in [0.25, 0.3) is 5.91 Å². The number of carboxylic acids is 1. The molecule has 1 amide bonds. The number of rotatable bonds is 4. The van der Waals surface area contributed by atoms with Crippen molar-refractivity contribution in [3.05, 3.63) is 15.6 Å². The van der Waals surface area contributed by atoms with Crippen molar-refractivity contribution in [3.63, 3.8) is 0 Å². The summed E-state index contributed by atoms with van der Waals surface area (Å²) in [6.45, 7) is 7.93. The Morgan fingerprint density at radius 3 is 2.61 bits per heavy atom. The van der Waals surface area contributed by atoms with Crippen LogP contribution in [0.1, 0.15) is 72.7 Å². The van der Waals surface area contributed by atoms with E-state index in [-0.39, 0.29) is 18.0 Å². The van der Waals surface area contributed by atoms with Gasteiger partial charge in [0.2, 0.25) is 0 Å². The number of aryl methyl sites for hydroxylation is 1. The lowest BCUT2D eigenvalue weighted by Crippen LogP contribution is -2.44. The van der Waals surface area contributed by atoms with Gasteiger partial charge >= 0.3 is 5.97 Å². The number of thiazole rings is 1. The zero-order chi connectivity index (χ0) is 16.9. The lowest BCUT2D eigenvalue weighted by molar-refractivity contribution is -0.151. The topological polar surface area (TPSA) is 70.5 Å². The smallest absolute Gasteiger partial charge is 0.311 e. The van der Waals surface area contributed by atoms with Crippen molar-refractivity contribution in [1.82, 2.24) is 9.88 Å². The first-order valence-corrected chi connectivity index (χ1v) is 9.16. The highest BCUT2D eigenvalue weighted by Crippen LogP contribution is 2.52. The van der Waals surface area contributed by atoms with E-state index < -0.39 is 11.4 Å². The Bertz CT molecular complexity index is 654. The highest BCUT2D eigenvalue weighted by molar-refractivity contribution is 7.13. The summed E-state index contributed by atoms with van der Waals surface area (Å²) in [5.41, 5.74) is 0.00494. The molecule has 126 valence electrons. The average molecular weight is 336 g/mol. The Kier molecular flexibility index (Phi) is 3.99. The van der Waals surface area contributed by atoms with Gasteiger partial charge in [-0.15, -0.1) is 11.3 Å². The van der Waals surface area contributed by atoms with Crippen molar-refractivity contribution in [3.8, 4) is 0 Å². The van der Waals surface area contributed by atoms with Gasteiger partial charge in [-0.3, -0.25) is 9.59 Å². The Morgan fingerprint density at radius 1 is 1.43 bits per heavy atom. The average Bonchev–Trinajstić information content (AvgIpc) is 3.17. The van der Waals surface area contributed by atoms with Gasteiger partial charge in [0.1, 0.15) is 4.88 Å². The first-order chi connectivity index (χ1) is 10.8. The van der Waals surface area contributed by atoms with E-state index in [0.29, 0.717) is 23.6 Å². The SMILES string of the molecule is CC[C@@]1(C(=O)O)C[C@@H]2CC[C@H]1N2C(=O)c1sc(C(C)C)nc1C. The molecule has 3 heterocycles. The number of hydrogen-bond acceptors (Lipinski definition) is 4. The highest BCUT2D eigenvalue weighted by Gasteiger charge is 2.60. The van der Waals surface area contributed by atoms with Crippen LogP contribution in [0.3, 0.4) is 0 Å². The number of nitrogens with zero attached hydrogens (tertiary/aromatic N) is 2. The molecule has 2 aliphatic heterocycles. The maximum absolute atomic E-state index is 13.1. The van der Waals surface area contributed by atoms with Gasteiger partial charge < -0.3 is 10.0 Å². The van der Waals surface area contributed by atoms with Crippen LogP contribution in [0.15, 0.2) is 0 Å². The molecule has 2 bridgehead atoms. The number of amides is 1. The van der Waals surface area contributed by atoms with Crippen LogP contribution in [0.2, 0.25) is 0 Å². The van der Waals surface area contributed by atoms with Gasteiger partial charge in [-0.05, 0) is 32.6 Å². The lowest BCUT2D eigenvalue weighted by atomic mass is 9.72. The van der Waals surface area contributed by atoms with E-state index in [9.17, 15) is 14.7 Å². The second kappa shape index (κ2) is 5.58. The Labute approximate surface area is 140 Å². The third-order valence-corrected chi connectivity index (χ3v) is 6.98. The van der Waals surface area contributed by atoms with Gasteiger partial charge in [0, 0.05) is 18.0 Å². The Morgan fingerprint density at radius 2 is 2.13 bits per heavy atom. The van der Waals surface area contributed by atoms with Gasteiger partial charge in [-0.25, -0.2) is 4.98 Å². The summed E-state index contributed by atoms with van der Waals surface area (Å²) in [4.78, 5) is 32.0. The number of hydrogen-bond donors (Lipinski definition) is 1. The van der Waals surface area contributed by atoms with E-state index in [4.69, 9.17) is 0 Å². The molecule has 3 rings (SSSR count). The van der Waals surface area contributed by atoms with Crippen LogP contribution in [0.5, 0.6) is 0 Å². The molecule has 0 saturated carbocycles. The molecule has 1 aromatic heterocycles. The van der Waals surface area contributed by atoms with Crippen LogP contribution < -0.4 is 0 Å². The molecule has 2 saturated heterocycles. The summed E-state index contributed by atoms with van der Waals surface area (Å²) >= 11 is 1.46. The lowest BCUT2D eigenvalue weighted by Gasteiger charge is -2.32. The van der Waals surface area contributed by atoms with Gasteiger partial charge in [0.05, 0.1) is 16.1 Å². The molecular weight excluding hydrogens is 312 g/mol. The molecule has 2 aliphatic rings. The van der Waals surface area contributed by atoms with Crippen LogP contribution in [0.25, 0.3) is 0 Å². The molecule has 2 fully saturated rings. The summed E-state index contributed by atoms with van der Waals surface area (Å²) in [7, 11) is 0. The minimum atomic E-state index is -0.766. The van der Waals surface area contributed by atoms with E-state index >= 15 is 0 Å². The van der Waals surface area contributed by atoms with Crippen molar-refractivity contribution < 1.29 is 14.7 Å². The molecule has 1 N–H and O–H groups in total. The molecule has 0 aromatic carbocycles. The number of carbonyl (C=O) groups excluding carboxylic acids is 1. The largest absolute Gasteiger partial charge is 0.481 e. The number of fused-ring (bicyclic) bond motifs is 2. The minimum absolute atomic E-state index is 0.0176. The Balaban J connectivity index is 1.94. The zero-order valence-electron chi connectivity index (χ0n) is 14.1. The summed E-state index contributed by atoms with van der Waals surface area (Å²) < 4.78 is 0. The van der Waals surface area contributed by atoms with Gasteiger partial charge in [-0.2, -0.15) is 0 Å². The van der Waals surface area contributed by atoms with Gasteiger partial charge in [0.15, 0.2) is 0 Å². The molecule has 0 radical (unpaired) electrons. The van der Waals surface area contributed by atoms with Crippen molar-refractivity contribution in [2.45, 2.75) is 71.4 Å². The molecule has 0 unspecified atom stereocenters. The first kappa shape index (κ1) is 16.4. The third-order valence-electron chi connectivity index (χ3n) is 5.53. The van der Waals surface area contributed by atoms with Crippen molar-refractivity contribution >= 4 is 23.2 Å². The molecular formula is C17H24N2O3S. The maximum Gasteiger partial charge on any atom is 0.311 e. The number of carboxylic acid groups (broad SMARTS) is 1. The fourth-order valence-electron chi connectivity index (χ4n) is 4.23. The number of carbonyl (C=O) groups is 2. The third kappa shape index (κ3) is 2.30. The van der Waals surface area contributed by atoms with E-state index in [0.717, 1.165) is 23.5 Å². The number of aromatic nitrogens is 1. The number of aliphatic carboxylic acids is 1. The summed E-state index contributed by atoms with van der Waals surface area (Å²) in [5, 5.41) is 10.7. The van der Waals surface area contributed by atoms with E-state index in [1.54, 1.807) is 0 Å². The van der Waals surface area contributed by atoms with Crippen molar-refractivity contribution in [1.29, 1.82) is 0 Å². The summed E-state index contributed by atoms with van der Waals surface area (Å²) in [6.07, 6.45) is 2.88. The van der Waals surface area contributed by atoms with E-state index in [1.165, 1.54) is 11.3 Å². The predicted octanol–water partition coefficient (Wildman–Crippen LogP) is 3.43. The van der Waals surface area contributed by atoms with Crippen LogP contribution in [-0.4, -0.2) is 39.0 Å². The standard InChI is InChI=1S/C17H24N2O3S/c1-5-17(16(21)22)8-11-6-7-12(17)19(11)15(20)13-10(4)18-14(23-13)9(2)3/h9,11-12H,5-8H2,1-4H3,(H,21,22)/t11-,12+,17+/m0/s1. The predicted molar refractivity (Wildman–Crippen MR) is 88.9 cm³/mol. The summed E-state index contributed by atoms with van der Waals surface area (Å²) in [5.74, 6) is -0.478.